The largest absolute Gasteiger partial charge is 0.419 e. The lowest BCUT2D eigenvalue weighted by Crippen LogP contribution is -2.57. The van der Waals surface area contributed by atoms with Crippen LogP contribution in [0.2, 0.25) is 0 Å². The molecular weight excluding hydrogens is 578 g/mol. The Labute approximate surface area is 240 Å². The highest BCUT2D eigenvalue weighted by atomic mass is 19.4. The molecule has 0 bridgehead atoms. The number of nitrogens with zero attached hydrogens (tertiary/aromatic N) is 5. The SMILES string of the molecule is O=C(c1cc(-c2cncc(F)c2)n(-c2ccc(C(F)(F)F)c(F)c2)n1)N1CCC2(CC1)C(=O)NCN2c1ccc(F)cc1. The number of hydrogen-bond donors (Lipinski definition) is 1. The number of likely N-dealkylation sites (tertiary alicyclic amines) is 1. The van der Waals surface area contributed by atoms with E-state index >= 15 is 0 Å². The van der Waals surface area contributed by atoms with E-state index in [0.717, 1.165) is 23.0 Å². The minimum Gasteiger partial charge on any atom is -0.339 e. The molecule has 2 fully saturated rings. The molecule has 2 aromatic heterocycles. The van der Waals surface area contributed by atoms with E-state index in [-0.39, 0.29) is 61.1 Å². The molecule has 0 radical (unpaired) electrons. The first-order chi connectivity index (χ1) is 20.5. The quantitative estimate of drug-likeness (QED) is 0.336. The maximum Gasteiger partial charge on any atom is 0.419 e. The van der Waals surface area contributed by atoms with Gasteiger partial charge in [-0.1, -0.05) is 0 Å². The standard InChI is InChI=1S/C29H22F6N6O2/c30-18-1-3-20(4-2-18)40-16-37-27(43)28(40)7-9-39(10-8-28)26(42)24-13-25(17-11-19(31)15-36-14-17)41(38-24)21-5-6-22(23(32)12-21)29(33,34)35/h1-6,11-15H,7-10,16H2,(H,37,43). The lowest BCUT2D eigenvalue weighted by atomic mass is 9.85. The summed E-state index contributed by atoms with van der Waals surface area (Å²) >= 11 is 0. The van der Waals surface area contributed by atoms with E-state index in [1.807, 2.05) is 4.90 Å². The molecule has 0 atom stereocenters. The third-order valence-corrected chi connectivity index (χ3v) is 7.78. The summed E-state index contributed by atoms with van der Waals surface area (Å²) in [6.07, 6.45) is -2.18. The topological polar surface area (TPSA) is 83.4 Å². The van der Waals surface area contributed by atoms with Crippen molar-refractivity contribution in [1.29, 1.82) is 0 Å². The second-order valence-electron chi connectivity index (χ2n) is 10.3. The summed E-state index contributed by atoms with van der Waals surface area (Å²) in [4.78, 5) is 33.7. The summed E-state index contributed by atoms with van der Waals surface area (Å²) in [6.45, 7) is 0.530. The summed E-state index contributed by atoms with van der Waals surface area (Å²) in [5.41, 5.74) is -1.77. The van der Waals surface area contributed by atoms with Crippen molar-refractivity contribution in [3.63, 3.8) is 0 Å². The van der Waals surface area contributed by atoms with Crippen LogP contribution in [0.25, 0.3) is 16.9 Å². The summed E-state index contributed by atoms with van der Waals surface area (Å²) in [7, 11) is 0. The number of carbonyl (C=O) groups excluding carboxylic acids is 2. The lowest BCUT2D eigenvalue weighted by molar-refractivity contribution is -0.140. The molecule has 1 N–H and O–H groups in total. The Kier molecular flexibility index (Phi) is 6.86. The van der Waals surface area contributed by atoms with Crippen LogP contribution < -0.4 is 10.2 Å². The average Bonchev–Trinajstić information content (AvgIpc) is 3.55. The monoisotopic (exact) mass is 600 g/mol. The van der Waals surface area contributed by atoms with Crippen LogP contribution in [0.1, 0.15) is 28.9 Å². The molecule has 0 saturated carbocycles. The maximum absolute atomic E-state index is 14.5. The predicted molar refractivity (Wildman–Crippen MR) is 141 cm³/mol. The summed E-state index contributed by atoms with van der Waals surface area (Å²) < 4.78 is 82.5. The Morgan fingerprint density at radius 1 is 0.884 bits per heavy atom. The van der Waals surface area contributed by atoms with Crippen molar-refractivity contribution in [1.82, 2.24) is 25.0 Å². The highest BCUT2D eigenvalue weighted by Gasteiger charge is 2.51. The zero-order chi connectivity index (χ0) is 30.5. The second kappa shape index (κ2) is 10.4. The van der Waals surface area contributed by atoms with Gasteiger partial charge in [-0.25, -0.2) is 17.9 Å². The fourth-order valence-electron chi connectivity index (χ4n) is 5.59. The molecule has 1 spiro atoms. The van der Waals surface area contributed by atoms with Gasteiger partial charge in [0.05, 0.1) is 29.8 Å². The first-order valence-electron chi connectivity index (χ1n) is 13.2. The first kappa shape index (κ1) is 28.2. The molecule has 4 aromatic rings. The van der Waals surface area contributed by atoms with Gasteiger partial charge in [-0.2, -0.15) is 18.3 Å². The van der Waals surface area contributed by atoms with Gasteiger partial charge in [0.2, 0.25) is 5.91 Å². The molecule has 2 saturated heterocycles. The summed E-state index contributed by atoms with van der Waals surface area (Å²) in [6, 6.07) is 10.4. The number of piperidine rings is 1. The lowest BCUT2D eigenvalue weighted by Gasteiger charge is -2.43. The van der Waals surface area contributed by atoms with Gasteiger partial charge < -0.3 is 15.1 Å². The van der Waals surface area contributed by atoms with Gasteiger partial charge in [-0.15, -0.1) is 0 Å². The number of carbonyl (C=O) groups is 2. The molecule has 43 heavy (non-hydrogen) atoms. The average molecular weight is 601 g/mol. The zero-order valence-corrected chi connectivity index (χ0v) is 22.2. The maximum atomic E-state index is 14.5. The number of rotatable bonds is 4. The number of halogens is 6. The third kappa shape index (κ3) is 5.06. The van der Waals surface area contributed by atoms with Gasteiger partial charge in [-0.05, 0) is 61.4 Å². The van der Waals surface area contributed by atoms with Crippen molar-refractivity contribution < 1.29 is 35.9 Å². The normalized spacial score (nSPS) is 16.6. The predicted octanol–water partition coefficient (Wildman–Crippen LogP) is 4.94. The van der Waals surface area contributed by atoms with E-state index in [0.29, 0.717) is 17.8 Å². The third-order valence-electron chi connectivity index (χ3n) is 7.78. The van der Waals surface area contributed by atoms with Gasteiger partial charge in [-0.3, -0.25) is 14.6 Å². The smallest absolute Gasteiger partial charge is 0.339 e. The number of alkyl halides is 3. The minimum atomic E-state index is -4.92. The van der Waals surface area contributed by atoms with E-state index in [9.17, 15) is 35.9 Å². The minimum absolute atomic E-state index is 0.0978. The summed E-state index contributed by atoms with van der Waals surface area (Å²) in [5.74, 6) is -3.42. The first-order valence-corrected chi connectivity index (χ1v) is 13.2. The molecule has 2 aliphatic heterocycles. The van der Waals surface area contributed by atoms with E-state index in [1.165, 1.54) is 29.3 Å². The molecule has 0 aliphatic carbocycles. The molecule has 222 valence electrons. The molecule has 4 heterocycles. The van der Waals surface area contributed by atoms with Crippen molar-refractivity contribution in [2.24, 2.45) is 0 Å². The van der Waals surface area contributed by atoms with Gasteiger partial charge >= 0.3 is 6.18 Å². The van der Waals surface area contributed by atoms with Crippen molar-refractivity contribution >= 4 is 17.5 Å². The van der Waals surface area contributed by atoms with Crippen LogP contribution in [0.4, 0.5) is 32.0 Å². The van der Waals surface area contributed by atoms with Crippen molar-refractivity contribution in [3.8, 4) is 16.9 Å². The van der Waals surface area contributed by atoms with Gasteiger partial charge in [0, 0.05) is 36.6 Å². The van der Waals surface area contributed by atoms with Crippen LogP contribution in [0, 0.1) is 17.5 Å². The number of benzene rings is 2. The van der Waals surface area contributed by atoms with Crippen LogP contribution in [0.15, 0.2) is 67.0 Å². The van der Waals surface area contributed by atoms with Crippen molar-refractivity contribution in [3.05, 3.63) is 95.7 Å². The molecule has 2 aromatic carbocycles. The number of hydrogen-bond acceptors (Lipinski definition) is 5. The Balaban J connectivity index is 1.30. The van der Waals surface area contributed by atoms with Crippen LogP contribution in [0.5, 0.6) is 0 Å². The van der Waals surface area contributed by atoms with Gasteiger partial charge in [0.15, 0.2) is 5.69 Å². The summed E-state index contributed by atoms with van der Waals surface area (Å²) in [5, 5.41) is 7.10. The number of anilines is 1. The molecule has 2 aliphatic rings. The molecule has 0 unspecified atom stereocenters. The fourth-order valence-corrected chi connectivity index (χ4v) is 5.59. The van der Waals surface area contributed by atoms with E-state index < -0.39 is 40.6 Å². The Morgan fingerprint density at radius 2 is 1.58 bits per heavy atom. The van der Waals surface area contributed by atoms with Crippen LogP contribution in [-0.2, 0) is 11.0 Å². The van der Waals surface area contributed by atoms with Crippen LogP contribution >= 0.6 is 0 Å². The van der Waals surface area contributed by atoms with Crippen LogP contribution in [0.3, 0.4) is 0 Å². The van der Waals surface area contributed by atoms with E-state index in [2.05, 4.69) is 15.4 Å². The molecule has 2 amide bonds. The molecular formula is C29H22F6N6O2. The fraction of sp³-hybridized carbons (Fsp3) is 0.241. The highest BCUT2D eigenvalue weighted by Crippen LogP contribution is 2.37. The van der Waals surface area contributed by atoms with E-state index in [1.54, 1.807) is 12.1 Å². The number of aromatic nitrogens is 3. The number of pyridine rings is 1. The highest BCUT2D eigenvalue weighted by molar-refractivity contribution is 5.96. The number of nitrogens with one attached hydrogen (secondary N) is 1. The van der Waals surface area contributed by atoms with Crippen molar-refractivity contribution in [2.45, 2.75) is 24.6 Å². The van der Waals surface area contributed by atoms with Crippen molar-refractivity contribution in [2.75, 3.05) is 24.7 Å². The zero-order valence-electron chi connectivity index (χ0n) is 22.2. The Bertz CT molecular complexity index is 1710. The Hall–Kier alpha value is -4.88. The van der Waals surface area contributed by atoms with Gasteiger partial charge in [0.1, 0.15) is 23.0 Å². The Morgan fingerprint density at radius 3 is 2.23 bits per heavy atom. The van der Waals surface area contributed by atoms with Gasteiger partial charge in [0.25, 0.3) is 5.91 Å². The molecule has 8 nitrogen and oxygen atoms in total. The number of amides is 2. The van der Waals surface area contributed by atoms with E-state index in [4.69, 9.17) is 0 Å². The second-order valence-corrected chi connectivity index (χ2v) is 10.3. The van der Waals surface area contributed by atoms with Crippen LogP contribution in [-0.4, -0.2) is 56.8 Å². The molecule has 6 rings (SSSR count). The molecule has 14 heteroatoms.